The molecule has 30 heavy (non-hydrogen) atoms. The molecule has 0 N–H and O–H groups in total. The van der Waals surface area contributed by atoms with E-state index in [4.69, 9.17) is 4.74 Å². The zero-order chi connectivity index (χ0) is 20.5. The number of fused-ring (bicyclic) bond motifs is 1. The molecule has 1 amide bonds. The van der Waals surface area contributed by atoms with Crippen LogP contribution in [0.3, 0.4) is 0 Å². The van der Waals surface area contributed by atoms with Crippen molar-refractivity contribution in [3.8, 4) is 17.2 Å². The van der Waals surface area contributed by atoms with Gasteiger partial charge in [0, 0.05) is 42.2 Å². The van der Waals surface area contributed by atoms with Gasteiger partial charge in [-0.05, 0) is 30.9 Å². The molecule has 8 heteroatoms. The van der Waals surface area contributed by atoms with Crippen LogP contribution in [0, 0.1) is 28.6 Å². The topological polar surface area (TPSA) is 88.4 Å². The number of nitriles is 1. The molecule has 8 nitrogen and oxygen atoms in total. The number of amides is 1. The van der Waals surface area contributed by atoms with E-state index < -0.39 is 5.41 Å². The summed E-state index contributed by atoms with van der Waals surface area (Å²) >= 11 is 0. The van der Waals surface area contributed by atoms with Crippen LogP contribution in [0.5, 0.6) is 0 Å². The number of carbonyl (C=O) groups is 1. The Kier molecular flexibility index (Phi) is 3.63. The Balaban J connectivity index is 1.39. The number of hydrogen-bond donors (Lipinski definition) is 0. The molecule has 0 unspecified atom stereocenters. The Morgan fingerprint density at radius 3 is 2.77 bits per heavy atom. The Bertz CT molecular complexity index is 1200. The molecular formula is C22H22N6O2. The number of nitrogens with zero attached hydrogens (tertiary/aromatic N) is 6. The lowest BCUT2D eigenvalue weighted by molar-refractivity contribution is -0.124. The lowest BCUT2D eigenvalue weighted by Gasteiger charge is -2.25. The van der Waals surface area contributed by atoms with E-state index in [9.17, 15) is 10.1 Å². The van der Waals surface area contributed by atoms with Crippen LogP contribution in [-0.4, -0.2) is 45.1 Å². The van der Waals surface area contributed by atoms with Crippen molar-refractivity contribution in [1.29, 1.82) is 5.26 Å². The molecule has 0 bridgehead atoms. The second-order valence-electron chi connectivity index (χ2n) is 8.75. The minimum absolute atomic E-state index is 0.00748. The summed E-state index contributed by atoms with van der Waals surface area (Å²) in [6.45, 7) is 3.98. The summed E-state index contributed by atoms with van der Waals surface area (Å²) in [4.78, 5) is 15.2. The van der Waals surface area contributed by atoms with Crippen molar-refractivity contribution >= 4 is 17.1 Å². The average Bonchev–Trinajstić information content (AvgIpc) is 3.18. The molecule has 3 fully saturated rings. The van der Waals surface area contributed by atoms with Crippen molar-refractivity contribution in [1.82, 2.24) is 19.4 Å². The number of ether oxygens (including phenoxy) is 1. The maximum atomic E-state index is 13.4. The van der Waals surface area contributed by atoms with Crippen LogP contribution in [-0.2, 0) is 9.53 Å². The lowest BCUT2D eigenvalue weighted by Crippen LogP contribution is -2.37. The lowest BCUT2D eigenvalue weighted by atomic mass is 9.75. The summed E-state index contributed by atoms with van der Waals surface area (Å²) < 4.78 is 9.00. The smallest absolute Gasteiger partial charge is 0.248 e. The molecule has 0 radical (unpaired) electrons. The van der Waals surface area contributed by atoms with Crippen LogP contribution < -0.4 is 4.90 Å². The largest absolute Gasteiger partial charge is 0.377 e. The first-order chi connectivity index (χ1) is 14.6. The third-order valence-electron chi connectivity index (χ3n) is 6.95. The fraction of sp³-hybridized carbons (Fsp3) is 0.455. The van der Waals surface area contributed by atoms with Gasteiger partial charge in [0.25, 0.3) is 0 Å². The van der Waals surface area contributed by atoms with Crippen molar-refractivity contribution in [2.75, 3.05) is 24.7 Å². The van der Waals surface area contributed by atoms with Gasteiger partial charge in [0.1, 0.15) is 5.41 Å². The van der Waals surface area contributed by atoms with E-state index in [0.29, 0.717) is 25.8 Å². The molecule has 3 aromatic heterocycles. The zero-order valence-corrected chi connectivity index (χ0v) is 16.7. The molecule has 0 aromatic carbocycles. The van der Waals surface area contributed by atoms with Gasteiger partial charge in [-0.25, -0.2) is 4.52 Å². The summed E-state index contributed by atoms with van der Waals surface area (Å²) in [6.07, 6.45) is 9.48. The molecule has 152 valence electrons. The van der Waals surface area contributed by atoms with E-state index in [1.165, 1.54) is 0 Å². The standard InChI is InChI=1S/C22H22N6O2/c1-14-8-26(21(29)22(14,13-23)17-2-3-17)19-4-5-24-28-9-15(6-20(19)28)16-7-25-27(10-16)18-11-30-12-18/h4-7,9-10,14,17-18H,2-3,8,11-12H2,1H3/t14-,22+/m1/s1. The first-order valence-corrected chi connectivity index (χ1v) is 10.4. The summed E-state index contributed by atoms with van der Waals surface area (Å²) in [5.74, 6) is 0.137. The highest BCUT2D eigenvalue weighted by Gasteiger charge is 2.61. The maximum Gasteiger partial charge on any atom is 0.248 e. The van der Waals surface area contributed by atoms with Crippen molar-refractivity contribution in [2.24, 2.45) is 17.3 Å². The van der Waals surface area contributed by atoms with Gasteiger partial charge < -0.3 is 9.64 Å². The summed E-state index contributed by atoms with van der Waals surface area (Å²) in [5, 5.41) is 18.9. The minimum Gasteiger partial charge on any atom is -0.377 e. The molecule has 1 aliphatic carbocycles. The number of carbonyl (C=O) groups excluding carboxylic acids is 1. The average molecular weight is 402 g/mol. The van der Waals surface area contributed by atoms with E-state index in [1.54, 1.807) is 15.6 Å². The van der Waals surface area contributed by atoms with Gasteiger partial charge in [-0.2, -0.15) is 15.5 Å². The third-order valence-corrected chi connectivity index (χ3v) is 6.95. The highest BCUT2D eigenvalue weighted by atomic mass is 16.5. The van der Waals surface area contributed by atoms with Crippen LogP contribution in [0.15, 0.2) is 36.9 Å². The fourth-order valence-corrected chi connectivity index (χ4v) is 4.96. The van der Waals surface area contributed by atoms with E-state index in [-0.39, 0.29) is 17.7 Å². The van der Waals surface area contributed by atoms with Crippen LogP contribution in [0.2, 0.25) is 0 Å². The van der Waals surface area contributed by atoms with Gasteiger partial charge in [0.15, 0.2) is 0 Å². The summed E-state index contributed by atoms with van der Waals surface area (Å²) in [7, 11) is 0. The number of anilines is 1. The predicted molar refractivity (Wildman–Crippen MR) is 109 cm³/mol. The Morgan fingerprint density at radius 1 is 1.23 bits per heavy atom. The molecule has 2 aliphatic heterocycles. The maximum absolute atomic E-state index is 13.4. The molecule has 6 rings (SSSR count). The van der Waals surface area contributed by atoms with E-state index >= 15 is 0 Å². The van der Waals surface area contributed by atoms with E-state index in [0.717, 1.165) is 35.2 Å². The minimum atomic E-state index is -0.887. The first kappa shape index (κ1) is 17.7. The molecule has 2 atom stereocenters. The van der Waals surface area contributed by atoms with Gasteiger partial charge in [-0.3, -0.25) is 9.48 Å². The second kappa shape index (κ2) is 6.16. The Morgan fingerprint density at radius 2 is 2.07 bits per heavy atom. The highest BCUT2D eigenvalue weighted by Crippen LogP contribution is 2.54. The monoisotopic (exact) mass is 402 g/mol. The van der Waals surface area contributed by atoms with E-state index in [2.05, 4.69) is 16.3 Å². The highest BCUT2D eigenvalue weighted by molar-refractivity contribution is 6.05. The van der Waals surface area contributed by atoms with Gasteiger partial charge in [-0.1, -0.05) is 6.92 Å². The van der Waals surface area contributed by atoms with Crippen molar-refractivity contribution in [2.45, 2.75) is 25.8 Å². The Hall–Kier alpha value is -3.18. The van der Waals surface area contributed by atoms with Crippen molar-refractivity contribution in [3.05, 3.63) is 36.9 Å². The zero-order valence-electron chi connectivity index (χ0n) is 16.7. The first-order valence-electron chi connectivity index (χ1n) is 10.4. The fourth-order valence-electron chi connectivity index (χ4n) is 4.96. The second-order valence-corrected chi connectivity index (χ2v) is 8.75. The molecule has 3 aliphatic rings. The van der Waals surface area contributed by atoms with Gasteiger partial charge in [-0.15, -0.1) is 0 Å². The number of aromatic nitrogens is 4. The summed E-state index contributed by atoms with van der Waals surface area (Å²) in [5.41, 5.74) is 2.78. The molecule has 0 spiro atoms. The quantitative estimate of drug-likeness (QED) is 0.669. The number of rotatable bonds is 4. The number of hydrogen-bond acceptors (Lipinski definition) is 5. The molecule has 3 aromatic rings. The van der Waals surface area contributed by atoms with Crippen LogP contribution in [0.25, 0.3) is 16.6 Å². The molecule has 2 saturated heterocycles. The molecule has 1 saturated carbocycles. The van der Waals surface area contributed by atoms with Crippen LogP contribution in [0.4, 0.5) is 5.69 Å². The normalized spacial score (nSPS) is 26.9. The molecular weight excluding hydrogens is 380 g/mol. The van der Waals surface area contributed by atoms with Crippen molar-refractivity contribution in [3.63, 3.8) is 0 Å². The van der Waals surface area contributed by atoms with Crippen molar-refractivity contribution < 1.29 is 9.53 Å². The Labute approximate surface area is 173 Å². The van der Waals surface area contributed by atoms with Gasteiger partial charge in [0.2, 0.25) is 5.91 Å². The van der Waals surface area contributed by atoms with Crippen LogP contribution >= 0.6 is 0 Å². The SMILES string of the molecule is C[C@@H]1CN(c2ccnn3cc(-c4cnn(C5COC5)c4)cc23)C(=O)[C@]1(C#N)C1CC1. The summed E-state index contributed by atoms with van der Waals surface area (Å²) in [6, 6.07) is 6.63. The van der Waals surface area contributed by atoms with Crippen LogP contribution in [0.1, 0.15) is 25.8 Å². The molecule has 5 heterocycles. The van der Waals surface area contributed by atoms with Gasteiger partial charge in [0.05, 0.1) is 42.7 Å². The predicted octanol–water partition coefficient (Wildman–Crippen LogP) is 2.67. The third kappa shape index (κ3) is 2.33. The van der Waals surface area contributed by atoms with Gasteiger partial charge >= 0.3 is 0 Å². The van der Waals surface area contributed by atoms with E-state index in [1.807, 2.05) is 42.3 Å².